The van der Waals surface area contributed by atoms with Gasteiger partial charge in [0.2, 0.25) is 0 Å². The summed E-state index contributed by atoms with van der Waals surface area (Å²) in [5.41, 5.74) is 0. The smallest absolute Gasteiger partial charge is 0.407 e. The molecule has 0 saturated heterocycles. The van der Waals surface area contributed by atoms with Crippen molar-refractivity contribution in [2.24, 2.45) is 0 Å². The van der Waals surface area contributed by atoms with E-state index in [2.05, 4.69) is 10.6 Å². The minimum atomic E-state index is -0.614. The highest BCUT2D eigenvalue weighted by atomic mass is 16.6. The van der Waals surface area contributed by atoms with Gasteiger partial charge in [0.05, 0.1) is 6.61 Å². The molecule has 0 aliphatic carbocycles. The molecule has 0 aromatic carbocycles. The lowest BCUT2D eigenvalue weighted by Crippen LogP contribution is -2.34. The van der Waals surface area contributed by atoms with Gasteiger partial charge in [-0.05, 0) is 6.92 Å². The van der Waals surface area contributed by atoms with Gasteiger partial charge < -0.3 is 24.8 Å². The quantitative estimate of drug-likeness (QED) is 0.681. The first-order valence-corrected chi connectivity index (χ1v) is 4.94. The van der Waals surface area contributed by atoms with Crippen molar-refractivity contribution in [1.82, 2.24) is 10.6 Å². The van der Waals surface area contributed by atoms with Gasteiger partial charge in [0, 0.05) is 20.7 Å². The number of nitrogens with one attached hydrogen (secondary N) is 2. The fraction of sp³-hybridized carbons (Fsp3) is 0.778. The van der Waals surface area contributed by atoms with E-state index >= 15 is 0 Å². The molecule has 0 aliphatic heterocycles. The van der Waals surface area contributed by atoms with E-state index < -0.39 is 18.3 Å². The van der Waals surface area contributed by atoms with Crippen molar-refractivity contribution < 1.29 is 23.8 Å². The first kappa shape index (κ1) is 14.5. The molecule has 0 fully saturated rings. The lowest BCUT2D eigenvalue weighted by Gasteiger charge is -2.17. The lowest BCUT2D eigenvalue weighted by molar-refractivity contribution is -0.00800. The Labute approximate surface area is 94.4 Å². The summed E-state index contributed by atoms with van der Waals surface area (Å²) in [6.45, 7) is 2.44. The average Bonchev–Trinajstić information content (AvgIpc) is 2.31. The predicted octanol–water partition coefficient (Wildman–Crippen LogP) is 0.103. The van der Waals surface area contributed by atoms with Crippen molar-refractivity contribution >= 4 is 12.2 Å². The Bertz CT molecular complexity index is 222. The molecule has 1 atom stereocenters. The third-order valence-corrected chi connectivity index (χ3v) is 1.59. The molecule has 1 unspecified atom stereocenters. The molecular weight excluding hydrogens is 216 g/mol. The van der Waals surface area contributed by atoms with Crippen molar-refractivity contribution in [1.29, 1.82) is 0 Å². The molecule has 0 radical (unpaired) electrons. The molecule has 0 aliphatic rings. The molecule has 0 bridgehead atoms. The molecular formula is C9H18N2O5. The average molecular weight is 234 g/mol. The fourth-order valence-electron chi connectivity index (χ4n) is 0.817. The molecule has 2 N–H and O–H groups in total. The van der Waals surface area contributed by atoms with Crippen LogP contribution >= 0.6 is 0 Å². The zero-order valence-electron chi connectivity index (χ0n) is 9.74. The van der Waals surface area contributed by atoms with Gasteiger partial charge in [0.1, 0.15) is 6.61 Å². The van der Waals surface area contributed by atoms with Gasteiger partial charge in [-0.2, -0.15) is 0 Å². The SMILES string of the molecule is CCOCC(COC(=O)NC)OC(=O)NC. The van der Waals surface area contributed by atoms with Crippen LogP contribution in [0, 0.1) is 0 Å². The maximum absolute atomic E-state index is 11.0. The van der Waals surface area contributed by atoms with E-state index in [0.29, 0.717) is 6.61 Å². The van der Waals surface area contributed by atoms with E-state index in [1.807, 2.05) is 6.92 Å². The largest absolute Gasteiger partial charge is 0.446 e. The van der Waals surface area contributed by atoms with E-state index in [1.54, 1.807) is 0 Å². The number of amides is 2. The highest BCUT2D eigenvalue weighted by molar-refractivity contribution is 5.67. The number of alkyl carbamates (subject to hydrolysis) is 2. The molecule has 0 aromatic heterocycles. The molecule has 0 rings (SSSR count). The first-order chi connectivity index (χ1) is 7.63. The maximum Gasteiger partial charge on any atom is 0.407 e. The second-order valence-electron chi connectivity index (χ2n) is 2.79. The van der Waals surface area contributed by atoms with Gasteiger partial charge in [-0.1, -0.05) is 0 Å². The monoisotopic (exact) mass is 234 g/mol. The summed E-state index contributed by atoms with van der Waals surface area (Å²) in [6, 6.07) is 0. The predicted molar refractivity (Wildman–Crippen MR) is 56.2 cm³/mol. The Morgan fingerprint density at radius 2 is 1.75 bits per heavy atom. The summed E-state index contributed by atoms with van der Waals surface area (Å²) in [6.07, 6.45) is -1.79. The van der Waals surface area contributed by atoms with Crippen LogP contribution in [0.25, 0.3) is 0 Å². The zero-order valence-corrected chi connectivity index (χ0v) is 9.74. The molecule has 0 spiro atoms. The Kier molecular flexibility index (Phi) is 7.96. The van der Waals surface area contributed by atoms with Crippen LogP contribution in [0.5, 0.6) is 0 Å². The Morgan fingerprint density at radius 1 is 1.12 bits per heavy atom. The number of ether oxygens (including phenoxy) is 3. The number of carbonyl (C=O) groups is 2. The first-order valence-electron chi connectivity index (χ1n) is 4.94. The van der Waals surface area contributed by atoms with Crippen molar-refractivity contribution in [3.63, 3.8) is 0 Å². The van der Waals surface area contributed by atoms with Gasteiger partial charge in [0.25, 0.3) is 0 Å². The van der Waals surface area contributed by atoms with Gasteiger partial charge in [0.15, 0.2) is 6.10 Å². The Balaban J connectivity index is 3.98. The second-order valence-corrected chi connectivity index (χ2v) is 2.79. The minimum Gasteiger partial charge on any atom is -0.446 e. The van der Waals surface area contributed by atoms with Gasteiger partial charge in [-0.25, -0.2) is 9.59 Å². The van der Waals surface area contributed by atoms with Crippen LogP contribution in [0.1, 0.15) is 6.92 Å². The third kappa shape index (κ3) is 6.88. The fourth-order valence-corrected chi connectivity index (χ4v) is 0.817. The van der Waals surface area contributed by atoms with Gasteiger partial charge in [-0.15, -0.1) is 0 Å². The normalized spacial score (nSPS) is 11.4. The maximum atomic E-state index is 11.0. The van der Waals surface area contributed by atoms with Crippen molar-refractivity contribution in [2.75, 3.05) is 33.9 Å². The Morgan fingerprint density at radius 3 is 2.25 bits per heavy atom. The summed E-state index contributed by atoms with van der Waals surface area (Å²) in [7, 11) is 2.89. The van der Waals surface area contributed by atoms with Crippen LogP contribution in [-0.4, -0.2) is 52.2 Å². The summed E-state index contributed by atoms with van der Waals surface area (Å²) in [5.74, 6) is 0. The van der Waals surface area contributed by atoms with Crippen LogP contribution in [-0.2, 0) is 14.2 Å². The molecule has 7 nitrogen and oxygen atoms in total. The minimum absolute atomic E-state index is 0.0485. The highest BCUT2D eigenvalue weighted by Crippen LogP contribution is 1.96. The summed E-state index contributed by atoms with van der Waals surface area (Å²) in [5, 5.41) is 4.59. The Hall–Kier alpha value is -1.50. The molecule has 0 heterocycles. The summed E-state index contributed by atoms with van der Waals surface area (Å²) >= 11 is 0. The summed E-state index contributed by atoms with van der Waals surface area (Å²) in [4.78, 5) is 21.8. The third-order valence-electron chi connectivity index (χ3n) is 1.59. The summed E-state index contributed by atoms with van der Waals surface area (Å²) < 4.78 is 14.8. The van der Waals surface area contributed by atoms with E-state index in [1.165, 1.54) is 14.1 Å². The molecule has 7 heteroatoms. The number of hydrogen-bond donors (Lipinski definition) is 2. The number of carbonyl (C=O) groups excluding carboxylic acids is 2. The second kappa shape index (κ2) is 8.78. The van der Waals surface area contributed by atoms with E-state index in [9.17, 15) is 9.59 Å². The van der Waals surface area contributed by atoms with Gasteiger partial charge in [-0.3, -0.25) is 0 Å². The molecule has 16 heavy (non-hydrogen) atoms. The zero-order chi connectivity index (χ0) is 12.4. The van der Waals surface area contributed by atoms with E-state index in [0.717, 1.165) is 0 Å². The van der Waals surface area contributed by atoms with Gasteiger partial charge >= 0.3 is 12.2 Å². The number of hydrogen-bond acceptors (Lipinski definition) is 5. The molecule has 0 saturated carbocycles. The molecule has 2 amide bonds. The van der Waals surface area contributed by atoms with Crippen LogP contribution in [0.3, 0.4) is 0 Å². The van der Waals surface area contributed by atoms with E-state index in [-0.39, 0.29) is 13.2 Å². The van der Waals surface area contributed by atoms with Crippen molar-refractivity contribution in [3.05, 3.63) is 0 Å². The topological polar surface area (TPSA) is 85.9 Å². The van der Waals surface area contributed by atoms with Crippen LogP contribution in [0.4, 0.5) is 9.59 Å². The van der Waals surface area contributed by atoms with Crippen LogP contribution < -0.4 is 10.6 Å². The lowest BCUT2D eigenvalue weighted by atomic mass is 10.4. The highest BCUT2D eigenvalue weighted by Gasteiger charge is 2.15. The van der Waals surface area contributed by atoms with Crippen LogP contribution in [0.2, 0.25) is 0 Å². The molecule has 0 aromatic rings. The number of rotatable bonds is 6. The van der Waals surface area contributed by atoms with Crippen molar-refractivity contribution in [2.45, 2.75) is 13.0 Å². The van der Waals surface area contributed by atoms with Crippen LogP contribution in [0.15, 0.2) is 0 Å². The van der Waals surface area contributed by atoms with E-state index in [4.69, 9.17) is 14.2 Å². The van der Waals surface area contributed by atoms with Crippen molar-refractivity contribution in [3.8, 4) is 0 Å². The standard InChI is InChI=1S/C9H18N2O5/c1-4-14-5-7(16-9(13)11-3)6-15-8(12)10-2/h7H,4-6H2,1-3H3,(H,10,12)(H,11,13). The molecule has 94 valence electrons.